The Morgan fingerprint density at radius 2 is 2.19 bits per heavy atom. The lowest BCUT2D eigenvalue weighted by Crippen LogP contribution is -2.23. The number of carbonyl (C=O) groups is 1. The maximum atomic E-state index is 12.1. The molecular formula is C12H17N5O2S2. The quantitative estimate of drug-likeness (QED) is 0.741. The second-order valence-electron chi connectivity index (χ2n) is 4.24. The van der Waals surface area contributed by atoms with Gasteiger partial charge in [-0.05, 0) is 13.8 Å². The summed E-state index contributed by atoms with van der Waals surface area (Å²) in [7, 11) is 0. The molecule has 7 nitrogen and oxygen atoms in total. The second kappa shape index (κ2) is 6.72. The highest BCUT2D eigenvalue weighted by Crippen LogP contribution is 2.27. The number of nitrogens with zero attached hydrogens (tertiary/aromatic N) is 2. The normalized spacial score (nSPS) is 10.6. The van der Waals surface area contributed by atoms with Crippen LogP contribution in [0.4, 0.5) is 10.9 Å². The Morgan fingerprint density at radius 3 is 2.76 bits per heavy atom. The van der Waals surface area contributed by atoms with Gasteiger partial charge >= 0.3 is 4.87 Å². The number of H-pyrrole nitrogens is 1. The fourth-order valence-corrected chi connectivity index (χ4v) is 3.38. The van der Waals surface area contributed by atoms with Crippen molar-refractivity contribution in [2.24, 2.45) is 0 Å². The lowest BCUT2D eigenvalue weighted by atomic mass is 10.4. The molecule has 0 aromatic carbocycles. The maximum Gasteiger partial charge on any atom is 0.304 e. The van der Waals surface area contributed by atoms with Crippen molar-refractivity contribution in [3.8, 4) is 0 Å². The zero-order valence-corrected chi connectivity index (χ0v) is 13.4. The average Bonchev–Trinajstić information content (AvgIpc) is 3.04. The SMILES string of the molecule is CCN(CC)c1nc(N)c(C(=O)NCc2csc(=O)[nH]2)s1. The van der Waals surface area contributed by atoms with E-state index < -0.39 is 0 Å². The van der Waals surface area contributed by atoms with E-state index in [1.807, 2.05) is 18.7 Å². The van der Waals surface area contributed by atoms with Crippen LogP contribution in [0.25, 0.3) is 0 Å². The summed E-state index contributed by atoms with van der Waals surface area (Å²) in [5, 5.41) is 5.15. The molecule has 0 unspecified atom stereocenters. The monoisotopic (exact) mass is 327 g/mol. The Labute approximate surface area is 129 Å². The number of carbonyl (C=O) groups excluding carboxylic acids is 1. The summed E-state index contributed by atoms with van der Waals surface area (Å²) in [6, 6.07) is 0. The molecule has 2 rings (SSSR count). The zero-order valence-electron chi connectivity index (χ0n) is 11.8. The molecule has 0 fully saturated rings. The number of hydrogen-bond acceptors (Lipinski definition) is 7. The van der Waals surface area contributed by atoms with Crippen LogP contribution in [-0.2, 0) is 6.54 Å². The third kappa shape index (κ3) is 3.61. The van der Waals surface area contributed by atoms with E-state index in [9.17, 15) is 9.59 Å². The third-order valence-electron chi connectivity index (χ3n) is 2.89. The summed E-state index contributed by atoms with van der Waals surface area (Å²) >= 11 is 2.34. The number of nitrogen functional groups attached to an aromatic ring is 1. The predicted octanol–water partition coefficient (Wildman–Crippen LogP) is 1.25. The average molecular weight is 327 g/mol. The van der Waals surface area contributed by atoms with Crippen molar-refractivity contribution in [3.05, 3.63) is 25.6 Å². The Morgan fingerprint density at radius 1 is 1.48 bits per heavy atom. The van der Waals surface area contributed by atoms with E-state index in [0.29, 0.717) is 10.6 Å². The molecule has 0 radical (unpaired) electrons. The van der Waals surface area contributed by atoms with E-state index in [-0.39, 0.29) is 23.1 Å². The van der Waals surface area contributed by atoms with Crippen molar-refractivity contribution in [2.45, 2.75) is 20.4 Å². The van der Waals surface area contributed by atoms with Gasteiger partial charge in [0.25, 0.3) is 5.91 Å². The van der Waals surface area contributed by atoms with Gasteiger partial charge < -0.3 is 20.9 Å². The number of aromatic amines is 1. The number of nitrogens with two attached hydrogens (primary N) is 1. The molecular weight excluding hydrogens is 310 g/mol. The minimum Gasteiger partial charge on any atom is -0.382 e. The van der Waals surface area contributed by atoms with E-state index >= 15 is 0 Å². The van der Waals surface area contributed by atoms with Gasteiger partial charge in [-0.1, -0.05) is 22.7 Å². The van der Waals surface area contributed by atoms with E-state index in [1.165, 1.54) is 11.3 Å². The molecule has 0 aliphatic carbocycles. The van der Waals surface area contributed by atoms with Crippen molar-refractivity contribution >= 4 is 39.5 Å². The number of anilines is 2. The fraction of sp³-hybridized carbons (Fsp3) is 0.417. The predicted molar refractivity (Wildman–Crippen MR) is 86.2 cm³/mol. The van der Waals surface area contributed by atoms with E-state index in [4.69, 9.17) is 5.73 Å². The number of aromatic nitrogens is 2. The zero-order chi connectivity index (χ0) is 15.4. The molecule has 0 spiro atoms. The number of hydrogen-bond donors (Lipinski definition) is 3. The lowest BCUT2D eigenvalue weighted by molar-refractivity contribution is 0.0955. The number of thiazole rings is 2. The first-order chi connectivity index (χ1) is 10.0. The molecule has 2 aromatic rings. The molecule has 0 aliphatic rings. The topological polar surface area (TPSA) is 104 Å². The Hall–Kier alpha value is -1.87. The van der Waals surface area contributed by atoms with Gasteiger partial charge in [-0.15, -0.1) is 0 Å². The molecule has 21 heavy (non-hydrogen) atoms. The highest BCUT2D eigenvalue weighted by atomic mass is 32.1. The van der Waals surface area contributed by atoms with Crippen LogP contribution in [0.5, 0.6) is 0 Å². The first kappa shape index (κ1) is 15.5. The molecule has 0 saturated carbocycles. The standard InChI is InChI=1S/C12H17N5O2S2/c1-3-17(4-2)11-16-9(13)8(21-11)10(18)14-5-7-6-20-12(19)15-7/h6H,3-5,13H2,1-2H3,(H,14,18)(H,15,19). The van der Waals surface area contributed by atoms with Crippen molar-refractivity contribution in [1.82, 2.24) is 15.3 Å². The van der Waals surface area contributed by atoms with Gasteiger partial charge in [0, 0.05) is 24.2 Å². The first-order valence-electron chi connectivity index (χ1n) is 6.51. The van der Waals surface area contributed by atoms with Crippen LogP contribution in [0.3, 0.4) is 0 Å². The minimum atomic E-state index is -0.282. The Kier molecular flexibility index (Phi) is 4.97. The van der Waals surface area contributed by atoms with E-state index in [1.54, 1.807) is 5.38 Å². The van der Waals surface area contributed by atoms with Crippen LogP contribution in [0.2, 0.25) is 0 Å². The Bertz CT molecular complexity index is 671. The van der Waals surface area contributed by atoms with Gasteiger partial charge in [0.15, 0.2) is 5.13 Å². The molecule has 0 atom stereocenters. The largest absolute Gasteiger partial charge is 0.382 e. The fourth-order valence-electron chi connectivity index (χ4n) is 1.77. The van der Waals surface area contributed by atoms with E-state index in [0.717, 1.165) is 29.6 Å². The molecule has 2 aromatic heterocycles. The highest BCUT2D eigenvalue weighted by molar-refractivity contribution is 7.18. The van der Waals surface area contributed by atoms with Crippen LogP contribution in [0.15, 0.2) is 10.2 Å². The Balaban J connectivity index is 2.06. The third-order valence-corrected chi connectivity index (χ3v) is 4.74. The van der Waals surface area contributed by atoms with Crippen LogP contribution in [-0.4, -0.2) is 29.0 Å². The summed E-state index contributed by atoms with van der Waals surface area (Å²) in [5.41, 5.74) is 6.49. The summed E-state index contributed by atoms with van der Waals surface area (Å²) in [5.74, 6) is -0.0475. The smallest absolute Gasteiger partial charge is 0.304 e. The van der Waals surface area contributed by atoms with Gasteiger partial charge in [0.05, 0.1) is 6.54 Å². The van der Waals surface area contributed by atoms with Crippen molar-refractivity contribution in [3.63, 3.8) is 0 Å². The molecule has 114 valence electrons. The molecule has 2 heterocycles. The summed E-state index contributed by atoms with van der Waals surface area (Å²) in [6.07, 6.45) is 0. The summed E-state index contributed by atoms with van der Waals surface area (Å²) in [6.45, 7) is 5.92. The van der Waals surface area contributed by atoms with Crippen molar-refractivity contribution in [2.75, 3.05) is 23.7 Å². The van der Waals surface area contributed by atoms with Crippen LogP contribution in [0, 0.1) is 0 Å². The highest BCUT2D eigenvalue weighted by Gasteiger charge is 2.18. The van der Waals surface area contributed by atoms with Gasteiger partial charge in [0.1, 0.15) is 10.7 Å². The molecule has 0 saturated heterocycles. The number of rotatable bonds is 6. The first-order valence-corrected chi connectivity index (χ1v) is 8.20. The van der Waals surface area contributed by atoms with Gasteiger partial charge in [-0.2, -0.15) is 0 Å². The van der Waals surface area contributed by atoms with E-state index in [2.05, 4.69) is 15.3 Å². The summed E-state index contributed by atoms with van der Waals surface area (Å²) < 4.78 is 0. The van der Waals surface area contributed by atoms with Crippen LogP contribution >= 0.6 is 22.7 Å². The maximum absolute atomic E-state index is 12.1. The summed E-state index contributed by atoms with van der Waals surface area (Å²) in [4.78, 5) is 32.3. The number of nitrogens with one attached hydrogen (secondary N) is 2. The van der Waals surface area contributed by atoms with Crippen LogP contribution < -0.4 is 20.8 Å². The lowest BCUT2D eigenvalue weighted by Gasteiger charge is -2.16. The second-order valence-corrected chi connectivity index (χ2v) is 6.06. The molecule has 4 N–H and O–H groups in total. The number of amides is 1. The molecule has 0 aliphatic heterocycles. The van der Waals surface area contributed by atoms with Crippen molar-refractivity contribution in [1.29, 1.82) is 0 Å². The van der Waals surface area contributed by atoms with Gasteiger partial charge in [-0.3, -0.25) is 9.59 Å². The molecule has 0 bridgehead atoms. The molecule has 1 amide bonds. The molecule has 9 heteroatoms. The van der Waals surface area contributed by atoms with Gasteiger partial charge in [0.2, 0.25) is 0 Å². The van der Waals surface area contributed by atoms with Crippen LogP contribution in [0.1, 0.15) is 29.2 Å². The van der Waals surface area contributed by atoms with Gasteiger partial charge in [-0.25, -0.2) is 4.98 Å². The minimum absolute atomic E-state index is 0.139. The van der Waals surface area contributed by atoms with Crippen molar-refractivity contribution < 1.29 is 4.79 Å².